The Labute approximate surface area is 115 Å². The third-order valence-corrected chi connectivity index (χ3v) is 2.96. The zero-order chi connectivity index (χ0) is 13.8. The first-order valence-electron chi connectivity index (χ1n) is 5.52. The number of rotatable bonds is 5. The summed E-state index contributed by atoms with van der Waals surface area (Å²) in [4.78, 5) is 0. The third kappa shape index (κ3) is 2.87. The molecule has 0 amide bonds. The number of hydrogen-bond donors (Lipinski definition) is 1. The maximum atomic E-state index is 6.18. The number of nitrogens with zero attached hydrogens (tertiary/aromatic N) is 4. The molecule has 0 atom stereocenters. The number of halogens is 1. The van der Waals surface area contributed by atoms with Crippen molar-refractivity contribution in [1.29, 1.82) is 0 Å². The normalized spacial score (nSPS) is 10.3. The molecular weight excluding hydrogens is 270 g/mol. The number of aryl methyl sites for hydroxylation is 1. The van der Waals surface area contributed by atoms with Crippen LogP contribution in [0.3, 0.4) is 0 Å². The van der Waals surface area contributed by atoms with Crippen LogP contribution in [-0.4, -0.2) is 34.4 Å². The standard InChI is InChI=1S/C11H14ClN5O2/c1-17-11(14-15-16-17)13-6-7-4-9(18-2)10(19-3)5-8(7)12/h4-5H,6H2,1-3H3,(H,13,14,16). The monoisotopic (exact) mass is 283 g/mol. The van der Waals surface area contributed by atoms with Gasteiger partial charge in [-0.15, -0.1) is 0 Å². The quantitative estimate of drug-likeness (QED) is 0.896. The minimum Gasteiger partial charge on any atom is -0.493 e. The second-order valence-electron chi connectivity index (χ2n) is 3.78. The van der Waals surface area contributed by atoms with E-state index in [-0.39, 0.29) is 0 Å². The molecule has 0 saturated carbocycles. The minimum absolute atomic E-state index is 0.480. The van der Waals surface area contributed by atoms with Crippen LogP contribution in [0.4, 0.5) is 5.95 Å². The molecule has 0 radical (unpaired) electrons. The molecule has 2 rings (SSSR count). The van der Waals surface area contributed by atoms with E-state index in [1.807, 2.05) is 6.07 Å². The molecule has 0 aliphatic carbocycles. The molecule has 0 bridgehead atoms. The highest BCUT2D eigenvalue weighted by Crippen LogP contribution is 2.33. The van der Waals surface area contributed by atoms with E-state index in [0.717, 1.165) is 5.56 Å². The van der Waals surface area contributed by atoms with Crippen molar-refractivity contribution in [3.05, 3.63) is 22.7 Å². The molecule has 1 N–H and O–H groups in total. The Morgan fingerprint density at radius 1 is 1.26 bits per heavy atom. The first-order chi connectivity index (χ1) is 9.15. The average Bonchev–Trinajstić information content (AvgIpc) is 2.82. The van der Waals surface area contributed by atoms with Crippen molar-refractivity contribution in [2.75, 3.05) is 19.5 Å². The number of nitrogens with one attached hydrogen (secondary N) is 1. The van der Waals surface area contributed by atoms with Crippen molar-refractivity contribution in [2.24, 2.45) is 7.05 Å². The summed E-state index contributed by atoms with van der Waals surface area (Å²) in [7, 11) is 4.89. The zero-order valence-corrected chi connectivity index (χ0v) is 11.6. The molecule has 0 saturated heterocycles. The van der Waals surface area contributed by atoms with Crippen LogP contribution in [-0.2, 0) is 13.6 Å². The van der Waals surface area contributed by atoms with Crippen molar-refractivity contribution in [1.82, 2.24) is 20.2 Å². The van der Waals surface area contributed by atoms with E-state index < -0.39 is 0 Å². The maximum absolute atomic E-state index is 6.18. The Balaban J connectivity index is 2.18. The van der Waals surface area contributed by atoms with Gasteiger partial charge in [0.05, 0.1) is 14.2 Å². The van der Waals surface area contributed by atoms with Gasteiger partial charge in [0.1, 0.15) is 0 Å². The molecule has 1 aromatic carbocycles. The second-order valence-corrected chi connectivity index (χ2v) is 4.19. The van der Waals surface area contributed by atoms with Gasteiger partial charge in [-0.25, -0.2) is 4.68 Å². The lowest BCUT2D eigenvalue weighted by atomic mass is 10.2. The molecule has 1 aromatic heterocycles. The Morgan fingerprint density at radius 3 is 2.53 bits per heavy atom. The summed E-state index contributed by atoms with van der Waals surface area (Å²) < 4.78 is 11.9. The van der Waals surface area contributed by atoms with Crippen molar-refractivity contribution < 1.29 is 9.47 Å². The number of benzene rings is 1. The summed E-state index contributed by atoms with van der Waals surface area (Å²) in [5, 5.41) is 14.8. The van der Waals surface area contributed by atoms with Crippen LogP contribution in [0.25, 0.3) is 0 Å². The van der Waals surface area contributed by atoms with E-state index in [0.29, 0.717) is 29.0 Å². The molecule has 0 fully saturated rings. The molecule has 0 aliphatic heterocycles. The largest absolute Gasteiger partial charge is 0.493 e. The van der Waals surface area contributed by atoms with Crippen LogP contribution >= 0.6 is 11.6 Å². The average molecular weight is 284 g/mol. The maximum Gasteiger partial charge on any atom is 0.242 e. The number of hydrogen-bond acceptors (Lipinski definition) is 6. The van der Waals surface area contributed by atoms with Gasteiger partial charge in [-0.1, -0.05) is 16.7 Å². The highest BCUT2D eigenvalue weighted by Gasteiger charge is 2.10. The number of aromatic nitrogens is 4. The first kappa shape index (κ1) is 13.4. The van der Waals surface area contributed by atoms with Crippen molar-refractivity contribution in [3.63, 3.8) is 0 Å². The summed E-state index contributed by atoms with van der Waals surface area (Å²) in [6.45, 7) is 0.480. The Morgan fingerprint density at radius 2 is 1.95 bits per heavy atom. The lowest BCUT2D eigenvalue weighted by molar-refractivity contribution is 0.354. The van der Waals surface area contributed by atoms with Crippen LogP contribution in [0.1, 0.15) is 5.56 Å². The fraction of sp³-hybridized carbons (Fsp3) is 0.364. The van der Waals surface area contributed by atoms with Crippen molar-refractivity contribution in [2.45, 2.75) is 6.54 Å². The van der Waals surface area contributed by atoms with Crippen molar-refractivity contribution in [3.8, 4) is 11.5 Å². The van der Waals surface area contributed by atoms with Gasteiger partial charge in [0.25, 0.3) is 0 Å². The summed E-state index contributed by atoms with van der Waals surface area (Å²) in [5.41, 5.74) is 0.863. The van der Waals surface area contributed by atoms with E-state index in [4.69, 9.17) is 21.1 Å². The van der Waals surface area contributed by atoms with Gasteiger partial charge in [0.2, 0.25) is 5.95 Å². The smallest absolute Gasteiger partial charge is 0.242 e. The molecule has 0 spiro atoms. The van der Waals surface area contributed by atoms with Crippen LogP contribution in [0.5, 0.6) is 11.5 Å². The molecule has 0 aliphatic rings. The van der Waals surface area contributed by atoms with Crippen LogP contribution in [0.2, 0.25) is 5.02 Å². The minimum atomic E-state index is 0.480. The Kier molecular flexibility index (Phi) is 4.06. The molecule has 0 unspecified atom stereocenters. The molecule has 102 valence electrons. The van der Waals surface area contributed by atoms with Gasteiger partial charge in [0, 0.05) is 24.7 Å². The van der Waals surface area contributed by atoms with E-state index >= 15 is 0 Å². The molecule has 7 nitrogen and oxygen atoms in total. The van der Waals surface area contributed by atoms with Gasteiger partial charge in [-0.2, -0.15) is 0 Å². The number of methoxy groups -OCH3 is 2. The fourth-order valence-electron chi connectivity index (χ4n) is 1.59. The second kappa shape index (κ2) is 5.75. The molecule has 1 heterocycles. The lowest BCUT2D eigenvalue weighted by Gasteiger charge is -2.12. The van der Waals surface area contributed by atoms with Crippen LogP contribution in [0, 0.1) is 0 Å². The number of anilines is 1. The molecule has 8 heteroatoms. The van der Waals surface area contributed by atoms with E-state index in [1.165, 1.54) is 4.68 Å². The SMILES string of the molecule is COc1cc(Cl)c(CNc2nnnn2C)cc1OC. The van der Waals surface area contributed by atoms with E-state index in [1.54, 1.807) is 27.3 Å². The zero-order valence-electron chi connectivity index (χ0n) is 10.8. The fourth-order valence-corrected chi connectivity index (χ4v) is 1.81. The predicted octanol–water partition coefficient (Wildman–Crippen LogP) is 1.49. The predicted molar refractivity (Wildman–Crippen MR) is 70.7 cm³/mol. The molecule has 19 heavy (non-hydrogen) atoms. The Hall–Kier alpha value is -2.02. The summed E-state index contributed by atoms with van der Waals surface area (Å²) in [5.74, 6) is 1.78. The number of ether oxygens (including phenoxy) is 2. The summed E-state index contributed by atoms with van der Waals surface area (Å²) >= 11 is 6.18. The number of tetrazole rings is 1. The van der Waals surface area contributed by atoms with Gasteiger partial charge >= 0.3 is 0 Å². The third-order valence-electron chi connectivity index (χ3n) is 2.61. The lowest BCUT2D eigenvalue weighted by Crippen LogP contribution is -2.06. The van der Waals surface area contributed by atoms with Crippen molar-refractivity contribution >= 4 is 17.5 Å². The van der Waals surface area contributed by atoms with Gasteiger partial charge in [-0.05, 0) is 22.1 Å². The Bertz CT molecular complexity index is 572. The molecular formula is C11H14ClN5O2. The van der Waals surface area contributed by atoms with Gasteiger partial charge in [0.15, 0.2) is 11.5 Å². The highest BCUT2D eigenvalue weighted by molar-refractivity contribution is 6.31. The first-order valence-corrected chi connectivity index (χ1v) is 5.90. The van der Waals surface area contributed by atoms with Crippen LogP contribution < -0.4 is 14.8 Å². The summed E-state index contributed by atoms with van der Waals surface area (Å²) in [6, 6.07) is 3.53. The summed E-state index contributed by atoms with van der Waals surface area (Å²) in [6.07, 6.45) is 0. The van der Waals surface area contributed by atoms with Gasteiger partial charge in [-0.3, -0.25) is 0 Å². The van der Waals surface area contributed by atoms with E-state index in [2.05, 4.69) is 20.8 Å². The van der Waals surface area contributed by atoms with E-state index in [9.17, 15) is 0 Å². The topological polar surface area (TPSA) is 74.1 Å². The highest BCUT2D eigenvalue weighted by atomic mass is 35.5. The molecule has 2 aromatic rings. The van der Waals surface area contributed by atoms with Crippen LogP contribution in [0.15, 0.2) is 12.1 Å². The van der Waals surface area contributed by atoms with Gasteiger partial charge < -0.3 is 14.8 Å².